The van der Waals surface area contributed by atoms with Gasteiger partial charge in [-0.05, 0) is 25.0 Å². The largest absolute Gasteiger partial charge is 0.464 e. The van der Waals surface area contributed by atoms with Crippen LogP contribution in [0.4, 0.5) is 0 Å². The van der Waals surface area contributed by atoms with E-state index in [0.29, 0.717) is 0 Å². The van der Waals surface area contributed by atoms with Gasteiger partial charge < -0.3 is 29.0 Å². The first-order valence-corrected chi connectivity index (χ1v) is 15.7. The number of amides is 1. The number of benzene rings is 2. The molecule has 1 saturated heterocycles. The van der Waals surface area contributed by atoms with E-state index in [1.54, 1.807) is 0 Å². The monoisotopic (exact) mass is 621 g/mol. The van der Waals surface area contributed by atoms with Crippen LogP contribution in [0.25, 0.3) is 0 Å². The zero-order valence-corrected chi connectivity index (χ0v) is 25.5. The van der Waals surface area contributed by atoms with Crippen molar-refractivity contribution in [3.05, 3.63) is 71.8 Å². The minimum Gasteiger partial charge on any atom is -0.464 e. The molecular formula is C30H39NO11S. The first-order valence-electron chi connectivity index (χ1n) is 13.9. The lowest BCUT2D eigenvalue weighted by molar-refractivity contribution is -0.221. The molecule has 1 fully saturated rings. The van der Waals surface area contributed by atoms with Crippen LogP contribution in [0.1, 0.15) is 38.3 Å². The molecule has 1 heterocycles. The predicted molar refractivity (Wildman–Crippen MR) is 154 cm³/mol. The zero-order chi connectivity index (χ0) is 31.5. The van der Waals surface area contributed by atoms with Crippen molar-refractivity contribution in [3.8, 4) is 0 Å². The maximum atomic E-state index is 13.3. The van der Waals surface area contributed by atoms with Crippen molar-refractivity contribution in [2.75, 3.05) is 26.1 Å². The molecule has 0 radical (unpaired) electrons. The summed E-state index contributed by atoms with van der Waals surface area (Å²) in [4.78, 5) is 38.9. The van der Waals surface area contributed by atoms with Crippen molar-refractivity contribution >= 4 is 28.0 Å². The van der Waals surface area contributed by atoms with Gasteiger partial charge >= 0.3 is 11.9 Å². The number of esters is 2. The smallest absolute Gasteiger partial charge is 0.343 e. The normalized spacial score (nSPS) is 20.7. The van der Waals surface area contributed by atoms with Crippen LogP contribution in [0.5, 0.6) is 0 Å². The van der Waals surface area contributed by atoms with Gasteiger partial charge in [-0.2, -0.15) is 8.42 Å². The van der Waals surface area contributed by atoms with Crippen LogP contribution in [-0.2, 0) is 65.6 Å². The van der Waals surface area contributed by atoms with E-state index in [1.165, 1.54) is 13.8 Å². The Morgan fingerprint density at radius 3 is 1.84 bits per heavy atom. The number of carbonyl (C=O) groups is 3. The van der Waals surface area contributed by atoms with Crippen LogP contribution >= 0.6 is 0 Å². The van der Waals surface area contributed by atoms with E-state index in [-0.39, 0.29) is 33.0 Å². The quantitative estimate of drug-likeness (QED) is 0.177. The topological polar surface area (TPSA) is 153 Å². The molecule has 3 rings (SSSR count). The predicted octanol–water partition coefficient (Wildman–Crippen LogP) is 2.29. The highest BCUT2D eigenvalue weighted by molar-refractivity contribution is 7.86. The molecule has 236 valence electrons. The summed E-state index contributed by atoms with van der Waals surface area (Å²) in [7, 11) is -4.14. The van der Waals surface area contributed by atoms with Crippen molar-refractivity contribution in [1.82, 2.24) is 5.32 Å². The minimum atomic E-state index is -4.14. The summed E-state index contributed by atoms with van der Waals surface area (Å²) in [6.45, 7) is 4.12. The van der Waals surface area contributed by atoms with Crippen molar-refractivity contribution in [3.63, 3.8) is 0 Å². The van der Waals surface area contributed by atoms with Crippen molar-refractivity contribution < 1.29 is 50.7 Å². The van der Waals surface area contributed by atoms with Crippen LogP contribution < -0.4 is 5.32 Å². The summed E-state index contributed by atoms with van der Waals surface area (Å²) >= 11 is 0. The Labute approximate surface area is 252 Å². The first kappa shape index (κ1) is 34.1. The fraction of sp³-hybridized carbons (Fsp3) is 0.500. The highest BCUT2D eigenvalue weighted by Gasteiger charge is 2.56. The van der Waals surface area contributed by atoms with Crippen molar-refractivity contribution in [2.24, 2.45) is 0 Å². The summed E-state index contributed by atoms with van der Waals surface area (Å²) < 4.78 is 59.4. The molecule has 0 aromatic heterocycles. The number of carbonyl (C=O) groups excluding carboxylic acids is 3. The third kappa shape index (κ3) is 9.83. The van der Waals surface area contributed by atoms with E-state index >= 15 is 0 Å². The summed E-state index contributed by atoms with van der Waals surface area (Å²) in [5.41, 5.74) is -0.694. The van der Waals surface area contributed by atoms with Crippen LogP contribution in [0.15, 0.2) is 60.7 Å². The average Bonchev–Trinajstić information content (AvgIpc) is 2.96. The van der Waals surface area contributed by atoms with Gasteiger partial charge in [0.05, 0.1) is 45.4 Å². The molecule has 1 aliphatic rings. The van der Waals surface area contributed by atoms with E-state index in [4.69, 9.17) is 27.9 Å². The Bertz CT molecular complexity index is 1290. The lowest BCUT2D eigenvalue weighted by atomic mass is 9.86. The number of nitrogens with one attached hydrogen (secondary N) is 1. The van der Waals surface area contributed by atoms with E-state index in [1.807, 2.05) is 60.7 Å². The molecule has 2 aromatic rings. The van der Waals surface area contributed by atoms with Gasteiger partial charge in [0.2, 0.25) is 11.4 Å². The Morgan fingerprint density at radius 2 is 1.37 bits per heavy atom. The molecule has 1 N–H and O–H groups in total. The van der Waals surface area contributed by atoms with E-state index < -0.39 is 64.3 Å². The lowest BCUT2D eigenvalue weighted by Crippen LogP contribution is -2.66. The molecule has 1 aliphatic heterocycles. The van der Waals surface area contributed by atoms with Gasteiger partial charge in [-0.1, -0.05) is 60.7 Å². The molecule has 0 bridgehead atoms. The SMILES string of the molecule is CCOC(=O)C(C[C@H]1OC[C@H](OCc2ccccc2)[C@@H](OCc2ccccc2)[C@@H]1OS(C)(=O)=O)(NC(C)=O)C(=O)OCC. The van der Waals surface area contributed by atoms with Gasteiger partial charge in [-0.3, -0.25) is 8.98 Å². The second-order valence-electron chi connectivity index (χ2n) is 9.96. The molecule has 0 spiro atoms. The fourth-order valence-corrected chi connectivity index (χ4v) is 5.37. The highest BCUT2D eigenvalue weighted by Crippen LogP contribution is 2.32. The van der Waals surface area contributed by atoms with Gasteiger partial charge in [0.15, 0.2) is 0 Å². The van der Waals surface area contributed by atoms with Crippen LogP contribution in [-0.4, -0.2) is 82.3 Å². The Hall–Kier alpha value is -3.36. The molecule has 12 nitrogen and oxygen atoms in total. The zero-order valence-electron chi connectivity index (χ0n) is 24.7. The number of hydrogen-bond acceptors (Lipinski definition) is 11. The molecule has 43 heavy (non-hydrogen) atoms. The van der Waals surface area contributed by atoms with Crippen molar-refractivity contribution in [1.29, 1.82) is 0 Å². The van der Waals surface area contributed by atoms with E-state index in [9.17, 15) is 22.8 Å². The molecule has 4 atom stereocenters. The number of ether oxygens (including phenoxy) is 5. The number of rotatable bonds is 15. The standard InChI is InChI=1S/C30H39NO11S/c1-5-37-28(33)30(31-21(3)32,29(34)38-6-2)17-24-27(42-43(4,35)36)26(41-19-23-15-11-8-12-16-23)25(20-40-24)39-18-22-13-9-7-10-14-22/h7-16,24-27H,5-6,17-20H2,1-4H3,(H,31,32)/t24-,25+,26-,27-/m1/s1. The van der Waals surface area contributed by atoms with Gasteiger partial charge in [-0.25, -0.2) is 9.59 Å². The molecule has 0 unspecified atom stereocenters. The molecule has 0 aliphatic carbocycles. The minimum absolute atomic E-state index is 0.0691. The van der Waals surface area contributed by atoms with E-state index in [2.05, 4.69) is 5.32 Å². The molecule has 1 amide bonds. The van der Waals surface area contributed by atoms with Gasteiger partial charge in [-0.15, -0.1) is 0 Å². The Morgan fingerprint density at radius 1 is 0.860 bits per heavy atom. The second-order valence-corrected chi connectivity index (χ2v) is 11.6. The third-order valence-electron chi connectivity index (χ3n) is 6.55. The summed E-state index contributed by atoms with van der Waals surface area (Å²) in [6, 6.07) is 18.5. The van der Waals surface area contributed by atoms with Gasteiger partial charge in [0, 0.05) is 13.3 Å². The third-order valence-corrected chi connectivity index (χ3v) is 7.13. The average molecular weight is 622 g/mol. The number of hydrogen-bond donors (Lipinski definition) is 1. The molecule has 2 aromatic carbocycles. The van der Waals surface area contributed by atoms with Gasteiger partial charge in [0.25, 0.3) is 10.1 Å². The van der Waals surface area contributed by atoms with Crippen LogP contribution in [0.2, 0.25) is 0 Å². The molecular weight excluding hydrogens is 582 g/mol. The molecule has 0 saturated carbocycles. The van der Waals surface area contributed by atoms with Crippen molar-refractivity contribution in [2.45, 2.75) is 70.4 Å². The summed E-state index contributed by atoms with van der Waals surface area (Å²) in [5.74, 6) is -2.90. The summed E-state index contributed by atoms with van der Waals surface area (Å²) in [6.07, 6.45) is -4.23. The van der Waals surface area contributed by atoms with Gasteiger partial charge in [0.1, 0.15) is 18.3 Å². The highest BCUT2D eigenvalue weighted by atomic mass is 32.2. The Balaban J connectivity index is 2.03. The maximum Gasteiger partial charge on any atom is 0.343 e. The fourth-order valence-electron chi connectivity index (χ4n) is 4.73. The van der Waals surface area contributed by atoms with Crippen LogP contribution in [0.3, 0.4) is 0 Å². The second kappa shape index (κ2) is 15.9. The van der Waals surface area contributed by atoms with Crippen LogP contribution in [0, 0.1) is 0 Å². The first-order chi connectivity index (χ1) is 20.5. The molecule has 13 heteroatoms. The lowest BCUT2D eigenvalue weighted by Gasteiger charge is -2.43. The maximum absolute atomic E-state index is 13.3. The Kier molecular flexibility index (Phi) is 12.6. The van der Waals surface area contributed by atoms with E-state index in [0.717, 1.165) is 24.3 Å². The summed E-state index contributed by atoms with van der Waals surface area (Å²) in [5, 5.41) is 2.38.